The van der Waals surface area contributed by atoms with Crippen LogP contribution in [-0.2, 0) is 0 Å². The molecule has 2 aromatic rings. The zero-order valence-corrected chi connectivity index (χ0v) is 8.86. The lowest BCUT2D eigenvalue weighted by atomic mass is 10.4. The topological polar surface area (TPSA) is 43.6 Å². The number of aromatic nitrogens is 4. The Morgan fingerprint density at radius 2 is 2.21 bits per heavy atom. The predicted octanol–water partition coefficient (Wildman–Crippen LogP) is 1.87. The van der Waals surface area contributed by atoms with E-state index in [4.69, 9.17) is 0 Å². The van der Waals surface area contributed by atoms with Gasteiger partial charge in [0, 0.05) is 10.7 Å². The molecule has 0 saturated heterocycles. The maximum atomic E-state index is 13.3. The zero-order chi connectivity index (χ0) is 10.1. The average Bonchev–Trinajstić information content (AvgIpc) is 2.56. The van der Waals surface area contributed by atoms with Crippen LogP contribution >= 0.6 is 15.9 Å². The van der Waals surface area contributed by atoms with Crippen LogP contribution in [0.1, 0.15) is 5.82 Å². The third-order valence-corrected chi connectivity index (χ3v) is 2.17. The Morgan fingerprint density at radius 3 is 2.86 bits per heavy atom. The molecule has 0 spiro atoms. The molecule has 0 aliphatic heterocycles. The minimum Gasteiger partial charge on any atom is -0.225 e. The third kappa shape index (κ3) is 1.52. The summed E-state index contributed by atoms with van der Waals surface area (Å²) in [7, 11) is 0. The lowest BCUT2D eigenvalue weighted by Gasteiger charge is -2.03. The van der Waals surface area contributed by atoms with Crippen LogP contribution in [0.15, 0.2) is 23.1 Å². The molecule has 4 nitrogen and oxygen atoms in total. The van der Waals surface area contributed by atoms with E-state index in [2.05, 4.69) is 31.0 Å². The van der Waals surface area contributed by atoms with Gasteiger partial charge in [0.05, 0.1) is 0 Å². The molecule has 0 saturated carbocycles. The second-order valence-electron chi connectivity index (χ2n) is 2.68. The van der Waals surface area contributed by atoms with Gasteiger partial charge in [-0.15, -0.1) is 0 Å². The van der Waals surface area contributed by atoms with E-state index in [0.29, 0.717) is 10.3 Å². The fourth-order valence-electron chi connectivity index (χ4n) is 1.10. The van der Waals surface area contributed by atoms with E-state index >= 15 is 0 Å². The molecule has 0 atom stereocenters. The molecule has 72 valence electrons. The Morgan fingerprint density at radius 1 is 1.43 bits per heavy atom. The Kier molecular flexibility index (Phi) is 2.28. The fourth-order valence-corrected chi connectivity index (χ4v) is 1.42. The van der Waals surface area contributed by atoms with Crippen molar-refractivity contribution in [3.63, 3.8) is 0 Å². The summed E-state index contributed by atoms with van der Waals surface area (Å²) in [6.45, 7) is 1.74. The quantitative estimate of drug-likeness (QED) is 0.732. The van der Waals surface area contributed by atoms with Crippen LogP contribution in [-0.4, -0.2) is 19.7 Å². The molecule has 0 amide bonds. The number of hydrogen-bond acceptors (Lipinski definition) is 3. The lowest BCUT2D eigenvalue weighted by Crippen LogP contribution is -2.03. The highest BCUT2D eigenvalue weighted by Gasteiger charge is 2.09. The molecule has 6 heteroatoms. The summed E-state index contributed by atoms with van der Waals surface area (Å²) in [6, 6.07) is 1.60. The van der Waals surface area contributed by atoms with Crippen molar-refractivity contribution < 1.29 is 4.39 Å². The van der Waals surface area contributed by atoms with Crippen molar-refractivity contribution in [1.82, 2.24) is 19.7 Å². The van der Waals surface area contributed by atoms with E-state index in [1.807, 2.05) is 0 Å². The van der Waals surface area contributed by atoms with Crippen LogP contribution in [0.2, 0.25) is 0 Å². The Labute approximate surface area is 87.9 Å². The second-order valence-corrected chi connectivity index (χ2v) is 3.60. The molecular formula is C8H6BrFN4. The first-order chi connectivity index (χ1) is 6.68. The van der Waals surface area contributed by atoms with E-state index in [0.717, 1.165) is 0 Å². The van der Waals surface area contributed by atoms with Crippen LogP contribution in [0.25, 0.3) is 5.69 Å². The van der Waals surface area contributed by atoms with Crippen molar-refractivity contribution in [1.29, 1.82) is 0 Å². The van der Waals surface area contributed by atoms with Gasteiger partial charge in [-0.05, 0) is 28.9 Å². The first-order valence-corrected chi connectivity index (χ1v) is 4.66. The normalized spacial score (nSPS) is 10.5. The molecule has 0 aliphatic rings. The van der Waals surface area contributed by atoms with Crippen molar-refractivity contribution in [3.05, 3.63) is 34.8 Å². The smallest absolute Gasteiger partial charge is 0.225 e. The molecule has 0 fully saturated rings. The number of halogens is 2. The number of pyridine rings is 1. The summed E-state index contributed by atoms with van der Waals surface area (Å²) >= 11 is 3.22. The van der Waals surface area contributed by atoms with E-state index < -0.39 is 5.95 Å². The van der Waals surface area contributed by atoms with Gasteiger partial charge in [-0.2, -0.15) is 9.49 Å². The molecule has 14 heavy (non-hydrogen) atoms. The molecule has 0 unspecified atom stereocenters. The first-order valence-electron chi connectivity index (χ1n) is 3.86. The third-order valence-electron chi connectivity index (χ3n) is 1.73. The van der Waals surface area contributed by atoms with Gasteiger partial charge in [-0.25, -0.2) is 14.6 Å². The summed E-state index contributed by atoms with van der Waals surface area (Å²) in [5.74, 6) is 0.0469. The van der Waals surface area contributed by atoms with E-state index in [9.17, 15) is 4.39 Å². The standard InChI is InChI=1S/C8H6BrFN4/c1-5-12-4-13-14(5)7-2-6(9)3-11-8(7)10/h2-4H,1H3. The van der Waals surface area contributed by atoms with Crippen molar-refractivity contribution in [2.75, 3.05) is 0 Å². The summed E-state index contributed by atoms with van der Waals surface area (Å²) in [6.07, 6.45) is 2.76. The minimum absolute atomic E-state index is 0.286. The number of hydrogen-bond donors (Lipinski definition) is 0. The number of rotatable bonds is 1. The fraction of sp³-hybridized carbons (Fsp3) is 0.125. The largest absolute Gasteiger partial charge is 0.238 e. The molecular weight excluding hydrogens is 251 g/mol. The van der Waals surface area contributed by atoms with E-state index in [-0.39, 0.29) is 5.69 Å². The molecule has 0 bridgehead atoms. The van der Waals surface area contributed by atoms with Crippen molar-refractivity contribution in [3.8, 4) is 5.69 Å². The summed E-state index contributed by atoms with van der Waals surface area (Å²) in [5, 5.41) is 3.89. The minimum atomic E-state index is -0.568. The van der Waals surface area contributed by atoms with Crippen LogP contribution < -0.4 is 0 Å². The molecule has 2 aromatic heterocycles. The summed E-state index contributed by atoms with van der Waals surface area (Å²) in [5.41, 5.74) is 0.286. The maximum Gasteiger partial charge on any atom is 0.238 e. The van der Waals surface area contributed by atoms with Crippen molar-refractivity contribution in [2.45, 2.75) is 6.92 Å². The monoisotopic (exact) mass is 256 g/mol. The van der Waals surface area contributed by atoms with Gasteiger partial charge >= 0.3 is 0 Å². The van der Waals surface area contributed by atoms with Crippen LogP contribution in [0.3, 0.4) is 0 Å². The Balaban J connectivity index is 2.62. The second kappa shape index (κ2) is 3.45. The molecule has 2 rings (SSSR count). The molecule has 0 radical (unpaired) electrons. The van der Waals surface area contributed by atoms with Gasteiger partial charge in [-0.3, -0.25) is 0 Å². The van der Waals surface area contributed by atoms with Crippen molar-refractivity contribution >= 4 is 15.9 Å². The highest BCUT2D eigenvalue weighted by Crippen LogP contribution is 2.16. The summed E-state index contributed by atoms with van der Waals surface area (Å²) < 4.78 is 15.4. The highest BCUT2D eigenvalue weighted by atomic mass is 79.9. The van der Waals surface area contributed by atoms with Gasteiger partial charge in [0.25, 0.3) is 0 Å². The Hall–Kier alpha value is -1.30. The number of nitrogens with zero attached hydrogens (tertiary/aromatic N) is 4. The highest BCUT2D eigenvalue weighted by molar-refractivity contribution is 9.10. The van der Waals surface area contributed by atoms with Gasteiger partial charge < -0.3 is 0 Å². The van der Waals surface area contributed by atoms with E-state index in [1.165, 1.54) is 17.2 Å². The van der Waals surface area contributed by atoms with E-state index in [1.54, 1.807) is 13.0 Å². The summed E-state index contributed by atoms with van der Waals surface area (Å²) in [4.78, 5) is 7.48. The van der Waals surface area contributed by atoms with Gasteiger partial charge in [0.2, 0.25) is 5.95 Å². The SMILES string of the molecule is Cc1ncnn1-c1cc(Br)cnc1F. The van der Waals surface area contributed by atoms with Gasteiger partial charge in [0.1, 0.15) is 17.8 Å². The van der Waals surface area contributed by atoms with Gasteiger partial charge in [-0.1, -0.05) is 0 Å². The first kappa shape index (κ1) is 9.26. The maximum absolute atomic E-state index is 13.3. The molecule has 2 heterocycles. The van der Waals surface area contributed by atoms with Crippen LogP contribution in [0.5, 0.6) is 0 Å². The van der Waals surface area contributed by atoms with Gasteiger partial charge in [0.15, 0.2) is 0 Å². The predicted molar refractivity (Wildman–Crippen MR) is 51.5 cm³/mol. The van der Waals surface area contributed by atoms with Crippen molar-refractivity contribution in [2.24, 2.45) is 0 Å². The average molecular weight is 257 g/mol. The zero-order valence-electron chi connectivity index (χ0n) is 7.28. The molecule has 0 N–H and O–H groups in total. The Bertz CT molecular complexity index is 468. The van der Waals surface area contributed by atoms with Crippen LogP contribution in [0.4, 0.5) is 4.39 Å². The number of aryl methyl sites for hydroxylation is 1. The lowest BCUT2D eigenvalue weighted by molar-refractivity contribution is 0.566. The molecule has 0 aromatic carbocycles. The molecule has 0 aliphatic carbocycles. The van der Waals surface area contributed by atoms with Crippen LogP contribution in [0, 0.1) is 12.9 Å².